The summed E-state index contributed by atoms with van der Waals surface area (Å²) in [5.41, 5.74) is 0. The van der Waals surface area contributed by atoms with Crippen LogP contribution in [0.4, 0.5) is 0 Å². The molecule has 0 aromatic heterocycles. The number of rotatable bonds is 2. The summed E-state index contributed by atoms with van der Waals surface area (Å²) >= 11 is 0. The van der Waals surface area contributed by atoms with E-state index >= 15 is 0 Å². The molecule has 1 aliphatic rings. The second kappa shape index (κ2) is 3.49. The first-order chi connectivity index (χ1) is 4.88. The second-order valence-electron chi connectivity index (χ2n) is 2.78. The lowest BCUT2D eigenvalue weighted by Gasteiger charge is -2.24. The minimum atomic E-state index is 0.353. The molecule has 0 aliphatic heterocycles. The Morgan fingerprint density at radius 2 is 1.30 bits per heavy atom. The molecule has 0 spiro atoms. The Morgan fingerprint density at radius 1 is 0.900 bits per heavy atom. The van der Waals surface area contributed by atoms with Crippen molar-refractivity contribution >= 4 is 13.4 Å². The lowest BCUT2D eigenvalue weighted by atomic mass is 9.91. The smallest absolute Gasteiger partial charge is 0.0715 e. The first kappa shape index (κ1) is 7.45. The molecule has 0 saturated heterocycles. The maximum Gasteiger partial charge on any atom is 0.0715 e. The summed E-state index contributed by atoms with van der Waals surface area (Å²) in [4.78, 5) is 8.03. The minimum absolute atomic E-state index is 0.353. The molecular weight excluding hydrogens is 124 g/mol. The van der Waals surface area contributed by atoms with Gasteiger partial charge in [-0.25, -0.2) is 0 Å². The number of hydrogen-bond acceptors (Lipinski definition) is 2. The van der Waals surface area contributed by atoms with E-state index in [1.807, 2.05) is 0 Å². The van der Waals surface area contributed by atoms with Gasteiger partial charge in [0.15, 0.2) is 0 Å². The Bertz CT molecular complexity index is 115. The van der Waals surface area contributed by atoms with Gasteiger partial charge in [-0.15, -0.1) is 0 Å². The molecule has 0 N–H and O–H groups in total. The van der Waals surface area contributed by atoms with Crippen LogP contribution in [0.3, 0.4) is 0 Å². The highest BCUT2D eigenvalue weighted by Gasteiger charge is 2.21. The van der Waals surface area contributed by atoms with Crippen molar-refractivity contribution in [2.75, 3.05) is 0 Å². The average Bonchev–Trinajstić information content (AvgIpc) is 2.04. The van der Waals surface area contributed by atoms with Crippen molar-refractivity contribution in [1.29, 1.82) is 0 Å². The van der Waals surface area contributed by atoms with Gasteiger partial charge in [0.1, 0.15) is 0 Å². The Labute approximate surface area is 62.1 Å². The highest BCUT2D eigenvalue weighted by molar-refractivity contribution is 5.27. The molecule has 0 radical (unpaired) electrons. The minimum Gasteiger partial charge on any atom is -0.295 e. The second-order valence-corrected chi connectivity index (χ2v) is 2.78. The van der Waals surface area contributed by atoms with Crippen LogP contribution >= 0.6 is 0 Å². The summed E-state index contributed by atoms with van der Waals surface area (Å²) in [7, 11) is 0. The van der Waals surface area contributed by atoms with Crippen LogP contribution in [0, 0.1) is 0 Å². The third-order valence-corrected chi connectivity index (χ3v) is 2.16. The molecule has 56 valence electrons. The maximum atomic E-state index is 4.02. The molecule has 0 heterocycles. The molecule has 1 fully saturated rings. The molecule has 2 heteroatoms. The van der Waals surface area contributed by atoms with E-state index in [1.54, 1.807) is 0 Å². The molecule has 0 bridgehead atoms. The zero-order chi connectivity index (χ0) is 7.40. The van der Waals surface area contributed by atoms with Gasteiger partial charge < -0.3 is 0 Å². The van der Waals surface area contributed by atoms with Crippen molar-refractivity contribution in [2.45, 2.75) is 37.8 Å². The Hall–Kier alpha value is -0.660. The third-order valence-electron chi connectivity index (χ3n) is 2.16. The highest BCUT2D eigenvalue weighted by atomic mass is 14.9. The first-order valence-electron chi connectivity index (χ1n) is 3.80. The van der Waals surface area contributed by atoms with E-state index in [4.69, 9.17) is 0 Å². The highest BCUT2D eigenvalue weighted by Crippen LogP contribution is 2.22. The fourth-order valence-electron chi connectivity index (χ4n) is 1.52. The lowest BCUT2D eigenvalue weighted by Crippen LogP contribution is -2.25. The molecule has 1 saturated carbocycles. The largest absolute Gasteiger partial charge is 0.295 e. The molecule has 10 heavy (non-hydrogen) atoms. The summed E-state index contributed by atoms with van der Waals surface area (Å²) in [6, 6.07) is 0.706. The summed E-state index contributed by atoms with van der Waals surface area (Å²) in [5.74, 6) is 0. The molecule has 2 nitrogen and oxygen atoms in total. The van der Waals surface area contributed by atoms with E-state index in [0.717, 1.165) is 12.8 Å². The zero-order valence-corrected chi connectivity index (χ0v) is 6.29. The zero-order valence-electron chi connectivity index (χ0n) is 6.29. The van der Waals surface area contributed by atoms with Crippen molar-refractivity contribution in [3.8, 4) is 0 Å². The van der Waals surface area contributed by atoms with Gasteiger partial charge in [0.25, 0.3) is 0 Å². The van der Waals surface area contributed by atoms with Crippen LogP contribution in [0.15, 0.2) is 9.98 Å². The molecule has 0 amide bonds. The van der Waals surface area contributed by atoms with Gasteiger partial charge in [-0.1, -0.05) is 12.8 Å². The third kappa shape index (κ3) is 1.43. The van der Waals surface area contributed by atoms with Crippen molar-refractivity contribution < 1.29 is 0 Å². The predicted octanol–water partition coefficient (Wildman–Crippen LogP) is 1.70. The van der Waals surface area contributed by atoms with Crippen molar-refractivity contribution in [1.82, 2.24) is 0 Å². The van der Waals surface area contributed by atoms with E-state index in [2.05, 4.69) is 23.4 Å². The van der Waals surface area contributed by atoms with Gasteiger partial charge in [0, 0.05) is 0 Å². The topological polar surface area (TPSA) is 24.7 Å². The molecule has 2 atom stereocenters. The normalized spacial score (nSPS) is 33.2. The molecule has 0 aromatic rings. The monoisotopic (exact) mass is 138 g/mol. The first-order valence-corrected chi connectivity index (χ1v) is 3.80. The van der Waals surface area contributed by atoms with Crippen molar-refractivity contribution in [3.05, 3.63) is 0 Å². The number of nitrogens with zero attached hydrogens (tertiary/aromatic N) is 2. The Kier molecular flexibility index (Phi) is 2.60. The SMILES string of the molecule is C=N[C@H]1CCCC[C@@H]1N=C. The standard InChI is InChI=1S/C8H14N2/c1-9-7-5-3-4-6-8(7)10-2/h7-8H,1-6H2/t7-,8-/m0/s1. The van der Waals surface area contributed by atoms with Gasteiger partial charge in [0.05, 0.1) is 12.1 Å². The molecular formula is C8H14N2. The van der Waals surface area contributed by atoms with Crippen LogP contribution in [-0.4, -0.2) is 25.5 Å². The summed E-state index contributed by atoms with van der Waals surface area (Å²) < 4.78 is 0. The van der Waals surface area contributed by atoms with E-state index in [1.165, 1.54) is 12.8 Å². The van der Waals surface area contributed by atoms with Crippen molar-refractivity contribution in [3.63, 3.8) is 0 Å². The van der Waals surface area contributed by atoms with Crippen LogP contribution in [-0.2, 0) is 0 Å². The predicted molar refractivity (Wildman–Crippen MR) is 45.1 cm³/mol. The van der Waals surface area contributed by atoms with Gasteiger partial charge in [0.2, 0.25) is 0 Å². The van der Waals surface area contributed by atoms with E-state index in [0.29, 0.717) is 12.1 Å². The molecule has 1 rings (SSSR count). The maximum absolute atomic E-state index is 4.02. The van der Waals surface area contributed by atoms with E-state index in [-0.39, 0.29) is 0 Å². The van der Waals surface area contributed by atoms with E-state index in [9.17, 15) is 0 Å². The fraction of sp³-hybridized carbons (Fsp3) is 0.750. The Balaban J connectivity index is 2.49. The Morgan fingerprint density at radius 3 is 1.60 bits per heavy atom. The van der Waals surface area contributed by atoms with E-state index < -0.39 is 0 Å². The van der Waals surface area contributed by atoms with Crippen LogP contribution in [0.2, 0.25) is 0 Å². The van der Waals surface area contributed by atoms with Gasteiger partial charge in [-0.2, -0.15) is 0 Å². The molecule has 0 aromatic carbocycles. The number of hydrogen-bond donors (Lipinski definition) is 0. The average molecular weight is 138 g/mol. The number of aliphatic imine (C=N–C) groups is 2. The molecule has 1 aliphatic carbocycles. The van der Waals surface area contributed by atoms with Crippen LogP contribution in [0.25, 0.3) is 0 Å². The summed E-state index contributed by atoms with van der Waals surface area (Å²) in [6.07, 6.45) is 4.84. The fourth-order valence-corrected chi connectivity index (χ4v) is 1.52. The van der Waals surface area contributed by atoms with Crippen LogP contribution < -0.4 is 0 Å². The summed E-state index contributed by atoms with van der Waals surface area (Å²) in [6.45, 7) is 7.09. The van der Waals surface area contributed by atoms with Gasteiger partial charge in [-0.3, -0.25) is 9.98 Å². The molecule has 0 unspecified atom stereocenters. The van der Waals surface area contributed by atoms with Crippen molar-refractivity contribution in [2.24, 2.45) is 9.98 Å². The lowest BCUT2D eigenvalue weighted by molar-refractivity contribution is 0.391. The quantitative estimate of drug-likeness (QED) is 0.519. The van der Waals surface area contributed by atoms with Crippen LogP contribution in [0.5, 0.6) is 0 Å². The summed E-state index contributed by atoms with van der Waals surface area (Å²) in [5, 5.41) is 0. The van der Waals surface area contributed by atoms with Crippen LogP contribution in [0.1, 0.15) is 25.7 Å². The van der Waals surface area contributed by atoms with Gasteiger partial charge in [-0.05, 0) is 26.3 Å². The van der Waals surface area contributed by atoms with Gasteiger partial charge >= 0.3 is 0 Å².